The molecule has 0 spiro atoms. The first-order chi connectivity index (χ1) is 7.85. The fraction of sp³-hybridized carbons (Fsp3) is 1.00. The molecule has 2 aliphatic rings. The van der Waals surface area contributed by atoms with Gasteiger partial charge in [-0.05, 0) is 57.2 Å². The highest BCUT2D eigenvalue weighted by Crippen LogP contribution is 2.31. The standard InChI is InChI=1S/C14H28N2/c1-2-14(8-7-9-15-12-14)13-16-10-5-3-4-6-11-16/h15H,2-13H2,1H3. The van der Waals surface area contributed by atoms with Crippen molar-refractivity contribution in [2.45, 2.75) is 51.9 Å². The average Bonchev–Trinajstić information content (AvgIpc) is 2.59. The largest absolute Gasteiger partial charge is 0.316 e. The Bertz CT molecular complexity index is 189. The predicted molar refractivity (Wildman–Crippen MR) is 69.7 cm³/mol. The molecule has 94 valence electrons. The van der Waals surface area contributed by atoms with E-state index in [1.165, 1.54) is 77.7 Å². The highest BCUT2D eigenvalue weighted by Gasteiger charge is 2.32. The third kappa shape index (κ3) is 3.21. The lowest BCUT2D eigenvalue weighted by molar-refractivity contribution is 0.114. The van der Waals surface area contributed by atoms with Gasteiger partial charge in [0.05, 0.1) is 0 Å². The highest BCUT2D eigenvalue weighted by atomic mass is 15.1. The molecular weight excluding hydrogens is 196 g/mol. The molecule has 2 aliphatic heterocycles. The number of rotatable bonds is 3. The van der Waals surface area contributed by atoms with Crippen LogP contribution in [0.2, 0.25) is 0 Å². The summed E-state index contributed by atoms with van der Waals surface area (Å²) in [6.45, 7) is 8.91. The third-order valence-corrected chi connectivity index (χ3v) is 4.57. The predicted octanol–water partition coefficient (Wildman–Crippen LogP) is 2.64. The molecule has 0 aromatic carbocycles. The molecule has 2 nitrogen and oxygen atoms in total. The van der Waals surface area contributed by atoms with E-state index in [-0.39, 0.29) is 0 Å². The Kier molecular flexibility index (Phi) is 4.66. The Morgan fingerprint density at radius 1 is 1.06 bits per heavy atom. The second-order valence-corrected chi connectivity index (χ2v) is 5.82. The molecule has 0 aliphatic carbocycles. The van der Waals surface area contributed by atoms with Crippen molar-refractivity contribution < 1.29 is 0 Å². The van der Waals surface area contributed by atoms with E-state index in [9.17, 15) is 0 Å². The van der Waals surface area contributed by atoms with Gasteiger partial charge in [0.25, 0.3) is 0 Å². The van der Waals surface area contributed by atoms with Gasteiger partial charge in [0, 0.05) is 13.1 Å². The molecule has 2 rings (SSSR count). The van der Waals surface area contributed by atoms with E-state index in [1.54, 1.807) is 0 Å². The van der Waals surface area contributed by atoms with Crippen molar-refractivity contribution in [3.8, 4) is 0 Å². The molecule has 16 heavy (non-hydrogen) atoms. The zero-order chi connectivity index (χ0) is 11.3. The lowest BCUT2D eigenvalue weighted by Gasteiger charge is -2.40. The molecule has 2 fully saturated rings. The number of nitrogens with one attached hydrogen (secondary N) is 1. The SMILES string of the molecule is CCC1(CN2CCCCCC2)CCCNC1. The minimum absolute atomic E-state index is 0.586. The van der Waals surface area contributed by atoms with Crippen LogP contribution in [0.5, 0.6) is 0 Å². The van der Waals surface area contributed by atoms with Gasteiger partial charge in [0.1, 0.15) is 0 Å². The van der Waals surface area contributed by atoms with Gasteiger partial charge < -0.3 is 10.2 Å². The Hall–Kier alpha value is -0.0800. The van der Waals surface area contributed by atoms with Crippen LogP contribution >= 0.6 is 0 Å². The number of piperidine rings is 1. The first kappa shape index (κ1) is 12.4. The minimum atomic E-state index is 0.586. The van der Waals surface area contributed by atoms with Crippen LogP contribution in [-0.4, -0.2) is 37.6 Å². The molecule has 0 aromatic heterocycles. The van der Waals surface area contributed by atoms with Gasteiger partial charge in [-0.15, -0.1) is 0 Å². The second-order valence-electron chi connectivity index (χ2n) is 5.82. The van der Waals surface area contributed by atoms with E-state index >= 15 is 0 Å². The molecule has 1 atom stereocenters. The molecule has 2 heteroatoms. The summed E-state index contributed by atoms with van der Waals surface area (Å²) < 4.78 is 0. The summed E-state index contributed by atoms with van der Waals surface area (Å²) in [7, 11) is 0. The van der Waals surface area contributed by atoms with Crippen LogP contribution in [0.4, 0.5) is 0 Å². The first-order valence-corrected chi connectivity index (χ1v) is 7.28. The topological polar surface area (TPSA) is 15.3 Å². The molecular formula is C14H28N2. The zero-order valence-corrected chi connectivity index (χ0v) is 10.9. The van der Waals surface area contributed by atoms with Crippen LogP contribution in [0.15, 0.2) is 0 Å². The van der Waals surface area contributed by atoms with Crippen molar-refractivity contribution in [2.75, 3.05) is 32.7 Å². The molecule has 0 bridgehead atoms. The highest BCUT2D eigenvalue weighted by molar-refractivity contribution is 4.87. The summed E-state index contributed by atoms with van der Waals surface area (Å²) in [5.41, 5.74) is 0.586. The average molecular weight is 224 g/mol. The van der Waals surface area contributed by atoms with Crippen molar-refractivity contribution in [3.05, 3.63) is 0 Å². The van der Waals surface area contributed by atoms with Crippen molar-refractivity contribution in [2.24, 2.45) is 5.41 Å². The molecule has 1 N–H and O–H groups in total. The number of nitrogens with zero attached hydrogens (tertiary/aromatic N) is 1. The summed E-state index contributed by atoms with van der Waals surface area (Å²) >= 11 is 0. The van der Waals surface area contributed by atoms with E-state index < -0.39 is 0 Å². The normalized spacial score (nSPS) is 33.6. The van der Waals surface area contributed by atoms with Crippen molar-refractivity contribution >= 4 is 0 Å². The Morgan fingerprint density at radius 2 is 1.81 bits per heavy atom. The molecule has 2 saturated heterocycles. The van der Waals surface area contributed by atoms with Gasteiger partial charge in [0.2, 0.25) is 0 Å². The summed E-state index contributed by atoms with van der Waals surface area (Å²) in [6, 6.07) is 0. The third-order valence-electron chi connectivity index (χ3n) is 4.57. The molecule has 0 amide bonds. The Morgan fingerprint density at radius 3 is 2.38 bits per heavy atom. The van der Waals surface area contributed by atoms with E-state index in [0.29, 0.717) is 5.41 Å². The van der Waals surface area contributed by atoms with Gasteiger partial charge in [-0.25, -0.2) is 0 Å². The van der Waals surface area contributed by atoms with Gasteiger partial charge in [-0.1, -0.05) is 19.8 Å². The molecule has 1 unspecified atom stereocenters. The fourth-order valence-corrected chi connectivity index (χ4v) is 3.35. The van der Waals surface area contributed by atoms with Crippen LogP contribution in [0, 0.1) is 5.41 Å². The van der Waals surface area contributed by atoms with Crippen LogP contribution in [0.3, 0.4) is 0 Å². The van der Waals surface area contributed by atoms with E-state index in [0.717, 1.165) is 0 Å². The van der Waals surface area contributed by atoms with Gasteiger partial charge in [0.15, 0.2) is 0 Å². The summed E-state index contributed by atoms with van der Waals surface area (Å²) in [4.78, 5) is 2.74. The maximum atomic E-state index is 3.61. The molecule has 0 saturated carbocycles. The van der Waals surface area contributed by atoms with E-state index in [1.807, 2.05) is 0 Å². The van der Waals surface area contributed by atoms with Crippen molar-refractivity contribution in [1.29, 1.82) is 0 Å². The first-order valence-electron chi connectivity index (χ1n) is 7.28. The van der Waals surface area contributed by atoms with Crippen LogP contribution in [0.25, 0.3) is 0 Å². The summed E-state index contributed by atoms with van der Waals surface area (Å²) in [5.74, 6) is 0. The van der Waals surface area contributed by atoms with E-state index in [4.69, 9.17) is 0 Å². The maximum Gasteiger partial charge on any atom is 0.00500 e. The van der Waals surface area contributed by atoms with Crippen LogP contribution in [-0.2, 0) is 0 Å². The molecule has 0 aromatic rings. The number of likely N-dealkylation sites (tertiary alicyclic amines) is 1. The van der Waals surface area contributed by atoms with Crippen LogP contribution in [0.1, 0.15) is 51.9 Å². The summed E-state index contributed by atoms with van der Waals surface area (Å²) in [5, 5.41) is 3.61. The van der Waals surface area contributed by atoms with Crippen LogP contribution < -0.4 is 5.32 Å². The quantitative estimate of drug-likeness (QED) is 0.793. The molecule has 2 heterocycles. The Labute approximate surface area is 101 Å². The van der Waals surface area contributed by atoms with Gasteiger partial charge in [-0.3, -0.25) is 0 Å². The molecule has 0 radical (unpaired) electrons. The Balaban J connectivity index is 1.88. The smallest absolute Gasteiger partial charge is 0.00500 e. The number of hydrogen-bond donors (Lipinski definition) is 1. The van der Waals surface area contributed by atoms with Gasteiger partial charge >= 0.3 is 0 Å². The fourth-order valence-electron chi connectivity index (χ4n) is 3.35. The summed E-state index contributed by atoms with van der Waals surface area (Å²) in [6.07, 6.45) is 9.91. The van der Waals surface area contributed by atoms with Gasteiger partial charge in [-0.2, -0.15) is 0 Å². The minimum Gasteiger partial charge on any atom is -0.316 e. The lowest BCUT2D eigenvalue weighted by Crippen LogP contribution is -2.47. The van der Waals surface area contributed by atoms with Crippen molar-refractivity contribution in [1.82, 2.24) is 10.2 Å². The second kappa shape index (κ2) is 6.02. The number of hydrogen-bond acceptors (Lipinski definition) is 2. The van der Waals surface area contributed by atoms with Crippen molar-refractivity contribution in [3.63, 3.8) is 0 Å². The zero-order valence-electron chi connectivity index (χ0n) is 10.9. The lowest BCUT2D eigenvalue weighted by atomic mass is 9.78. The monoisotopic (exact) mass is 224 g/mol. The van der Waals surface area contributed by atoms with E-state index in [2.05, 4.69) is 17.1 Å². The maximum absolute atomic E-state index is 3.61.